The third-order valence-corrected chi connectivity index (χ3v) is 2.74. The minimum atomic E-state index is -0.826. The molecule has 0 unspecified atom stereocenters. The van der Waals surface area contributed by atoms with E-state index in [1.165, 1.54) is 19.0 Å². The van der Waals surface area contributed by atoms with Crippen molar-refractivity contribution in [3.63, 3.8) is 0 Å². The Labute approximate surface area is 81.9 Å². The first-order valence-corrected chi connectivity index (χ1v) is 4.92. The van der Waals surface area contributed by atoms with Gasteiger partial charge in [-0.2, -0.15) is 0 Å². The van der Waals surface area contributed by atoms with Crippen LogP contribution in [0.15, 0.2) is 10.7 Å². The molecule has 1 aromatic heterocycles. The Morgan fingerprint density at radius 3 is 2.93 bits per heavy atom. The van der Waals surface area contributed by atoms with Crippen LogP contribution in [-0.2, 0) is 11.2 Å². The summed E-state index contributed by atoms with van der Waals surface area (Å²) < 4.78 is 5.14. The van der Waals surface area contributed by atoms with Crippen molar-refractivity contribution in [2.75, 3.05) is 0 Å². The number of rotatable bonds is 3. The van der Waals surface area contributed by atoms with Gasteiger partial charge in [0.1, 0.15) is 5.76 Å². The molecule has 1 aliphatic carbocycles. The van der Waals surface area contributed by atoms with Gasteiger partial charge in [-0.1, -0.05) is 18.0 Å². The molecule has 0 aliphatic heterocycles. The Balaban J connectivity index is 2.15. The molecule has 4 heteroatoms. The molecule has 1 fully saturated rings. The van der Waals surface area contributed by atoms with Crippen LogP contribution >= 0.6 is 0 Å². The van der Waals surface area contributed by atoms with Gasteiger partial charge >= 0.3 is 5.97 Å². The minimum absolute atomic E-state index is 0.0231. The lowest BCUT2D eigenvalue weighted by atomic mass is 10.0. The van der Waals surface area contributed by atoms with Crippen LogP contribution < -0.4 is 0 Å². The summed E-state index contributed by atoms with van der Waals surface area (Å²) in [5, 5.41) is 12.4. The largest absolute Gasteiger partial charge is 0.481 e. The van der Waals surface area contributed by atoms with Crippen LogP contribution in [-0.4, -0.2) is 16.2 Å². The first-order chi connectivity index (χ1) is 6.77. The van der Waals surface area contributed by atoms with E-state index in [-0.39, 0.29) is 6.42 Å². The van der Waals surface area contributed by atoms with E-state index in [9.17, 15) is 4.79 Å². The Hall–Kier alpha value is -1.32. The average molecular weight is 195 g/mol. The number of carboxylic acids is 1. The molecule has 0 atom stereocenters. The predicted octanol–water partition coefficient (Wildman–Crippen LogP) is 1.96. The molecule has 1 N–H and O–H groups in total. The highest BCUT2D eigenvalue weighted by Crippen LogP contribution is 2.35. The molecule has 4 nitrogen and oxygen atoms in total. The third-order valence-electron chi connectivity index (χ3n) is 2.74. The smallest absolute Gasteiger partial charge is 0.308 e. The van der Waals surface area contributed by atoms with Crippen LogP contribution in [0.4, 0.5) is 0 Å². The van der Waals surface area contributed by atoms with Crippen molar-refractivity contribution in [3.05, 3.63) is 17.5 Å². The third kappa shape index (κ3) is 1.78. The summed E-state index contributed by atoms with van der Waals surface area (Å²) in [4.78, 5) is 10.6. The van der Waals surface area contributed by atoms with E-state index >= 15 is 0 Å². The molecule has 1 heterocycles. The van der Waals surface area contributed by atoms with Crippen molar-refractivity contribution in [2.24, 2.45) is 0 Å². The summed E-state index contributed by atoms with van der Waals surface area (Å²) in [7, 11) is 0. The molecule has 2 rings (SSSR count). The van der Waals surface area contributed by atoms with E-state index < -0.39 is 5.97 Å². The first-order valence-electron chi connectivity index (χ1n) is 4.92. The molecule has 0 amide bonds. The van der Waals surface area contributed by atoms with Gasteiger partial charge in [-0.25, -0.2) is 0 Å². The molecule has 76 valence electrons. The van der Waals surface area contributed by atoms with Gasteiger partial charge in [-0.05, 0) is 12.8 Å². The first kappa shape index (κ1) is 9.24. The molecule has 14 heavy (non-hydrogen) atoms. The maximum atomic E-state index is 10.6. The lowest BCUT2D eigenvalue weighted by Gasteiger charge is -2.05. The van der Waals surface area contributed by atoms with Crippen LogP contribution in [0.1, 0.15) is 42.9 Å². The van der Waals surface area contributed by atoms with E-state index in [0.717, 1.165) is 24.2 Å². The molecular formula is C10H13NO3. The van der Waals surface area contributed by atoms with Crippen LogP contribution in [0, 0.1) is 0 Å². The van der Waals surface area contributed by atoms with Crippen molar-refractivity contribution in [3.8, 4) is 0 Å². The molecule has 1 aliphatic rings. The van der Waals surface area contributed by atoms with Gasteiger partial charge in [-0.15, -0.1) is 0 Å². The Morgan fingerprint density at radius 2 is 2.29 bits per heavy atom. The van der Waals surface area contributed by atoms with Gasteiger partial charge in [0.25, 0.3) is 0 Å². The topological polar surface area (TPSA) is 63.3 Å². The molecule has 0 spiro atoms. The van der Waals surface area contributed by atoms with Gasteiger partial charge < -0.3 is 9.63 Å². The molecule has 0 saturated heterocycles. The standard InChI is InChI=1S/C10H13NO3/c12-9(13)5-8-6-11-14-10(8)7-3-1-2-4-7/h6-7H,1-5H2,(H,12,13). The maximum absolute atomic E-state index is 10.6. The normalized spacial score (nSPS) is 17.4. The van der Waals surface area contributed by atoms with Crippen molar-refractivity contribution in [2.45, 2.75) is 38.0 Å². The molecule has 1 saturated carbocycles. The van der Waals surface area contributed by atoms with E-state index in [1.807, 2.05) is 0 Å². The van der Waals surface area contributed by atoms with Crippen LogP contribution in [0.25, 0.3) is 0 Å². The quantitative estimate of drug-likeness (QED) is 0.800. The molecule has 1 aromatic rings. The van der Waals surface area contributed by atoms with E-state index in [1.54, 1.807) is 0 Å². The van der Waals surface area contributed by atoms with Crippen LogP contribution in [0.3, 0.4) is 0 Å². The molecule has 0 aromatic carbocycles. The van der Waals surface area contributed by atoms with E-state index in [0.29, 0.717) is 5.92 Å². The van der Waals surface area contributed by atoms with E-state index in [4.69, 9.17) is 9.63 Å². The van der Waals surface area contributed by atoms with Gasteiger partial charge in [0.2, 0.25) is 0 Å². The maximum Gasteiger partial charge on any atom is 0.308 e. The number of nitrogens with zero attached hydrogens (tertiary/aromatic N) is 1. The fourth-order valence-corrected chi connectivity index (χ4v) is 2.09. The minimum Gasteiger partial charge on any atom is -0.481 e. The summed E-state index contributed by atoms with van der Waals surface area (Å²) in [6, 6.07) is 0. The molecular weight excluding hydrogens is 182 g/mol. The molecule has 0 radical (unpaired) electrons. The Kier molecular flexibility index (Phi) is 2.52. The number of hydrogen-bond donors (Lipinski definition) is 1. The Morgan fingerprint density at radius 1 is 1.57 bits per heavy atom. The predicted molar refractivity (Wildman–Crippen MR) is 49.1 cm³/mol. The second-order valence-electron chi connectivity index (χ2n) is 3.77. The average Bonchev–Trinajstić information content (AvgIpc) is 2.70. The lowest BCUT2D eigenvalue weighted by Crippen LogP contribution is -2.03. The highest BCUT2D eigenvalue weighted by molar-refractivity contribution is 5.70. The van der Waals surface area contributed by atoms with Crippen molar-refractivity contribution >= 4 is 5.97 Å². The Bertz CT molecular complexity index is 326. The van der Waals surface area contributed by atoms with Crippen LogP contribution in [0.5, 0.6) is 0 Å². The van der Waals surface area contributed by atoms with Gasteiger partial charge in [0.15, 0.2) is 0 Å². The number of carboxylic acid groups (broad SMARTS) is 1. The summed E-state index contributed by atoms with van der Waals surface area (Å²) >= 11 is 0. The van der Waals surface area contributed by atoms with Crippen LogP contribution in [0.2, 0.25) is 0 Å². The summed E-state index contributed by atoms with van der Waals surface area (Å²) in [6.45, 7) is 0. The van der Waals surface area contributed by atoms with Gasteiger partial charge in [0, 0.05) is 11.5 Å². The zero-order valence-electron chi connectivity index (χ0n) is 7.90. The zero-order valence-corrected chi connectivity index (χ0v) is 7.90. The highest BCUT2D eigenvalue weighted by Gasteiger charge is 2.24. The number of aliphatic carboxylic acids is 1. The second-order valence-corrected chi connectivity index (χ2v) is 3.77. The fraction of sp³-hybridized carbons (Fsp3) is 0.600. The summed E-state index contributed by atoms with van der Waals surface area (Å²) in [6.07, 6.45) is 6.16. The number of carbonyl (C=O) groups is 1. The highest BCUT2D eigenvalue weighted by atomic mass is 16.5. The van der Waals surface area contributed by atoms with Crippen molar-refractivity contribution < 1.29 is 14.4 Å². The van der Waals surface area contributed by atoms with Crippen molar-refractivity contribution in [1.82, 2.24) is 5.16 Å². The van der Waals surface area contributed by atoms with E-state index in [2.05, 4.69) is 5.16 Å². The van der Waals surface area contributed by atoms with Gasteiger partial charge in [0.05, 0.1) is 12.6 Å². The van der Waals surface area contributed by atoms with Crippen molar-refractivity contribution in [1.29, 1.82) is 0 Å². The number of aromatic nitrogens is 1. The summed E-state index contributed by atoms with van der Waals surface area (Å²) in [5.41, 5.74) is 0.740. The number of hydrogen-bond acceptors (Lipinski definition) is 3. The lowest BCUT2D eigenvalue weighted by molar-refractivity contribution is -0.136. The molecule has 0 bridgehead atoms. The monoisotopic (exact) mass is 195 g/mol. The SMILES string of the molecule is O=C(O)Cc1cnoc1C1CCCC1. The fourth-order valence-electron chi connectivity index (χ4n) is 2.09. The summed E-state index contributed by atoms with van der Waals surface area (Å²) in [5.74, 6) is 0.365. The zero-order chi connectivity index (χ0) is 9.97. The van der Waals surface area contributed by atoms with Gasteiger partial charge in [-0.3, -0.25) is 4.79 Å². The second kappa shape index (κ2) is 3.82.